The molecule has 0 radical (unpaired) electrons. The fraction of sp³-hybridized carbons (Fsp3) is 0.750. The van der Waals surface area contributed by atoms with Crippen molar-refractivity contribution in [3.8, 4) is 0 Å². The van der Waals surface area contributed by atoms with E-state index in [0.717, 1.165) is 30.2 Å². The lowest BCUT2D eigenvalue weighted by atomic mass is 10.1. The second kappa shape index (κ2) is 8.05. The largest absolute Gasteiger partial charge is 0.443 e. The van der Waals surface area contributed by atoms with Crippen molar-refractivity contribution in [1.29, 1.82) is 0 Å². The van der Waals surface area contributed by atoms with E-state index in [2.05, 4.69) is 22.2 Å². The van der Waals surface area contributed by atoms with Crippen LogP contribution in [0.15, 0.2) is 9.41 Å². The Labute approximate surface area is 127 Å². The van der Waals surface area contributed by atoms with Gasteiger partial charge in [-0.05, 0) is 26.2 Å². The van der Waals surface area contributed by atoms with Crippen LogP contribution in [0, 0.1) is 6.92 Å². The molecule has 1 aliphatic carbocycles. The number of oxazole rings is 1. The second-order valence-corrected chi connectivity index (χ2v) is 5.90. The standard InChI is InChI=1S/C16H28N4O/c1-3-8-15-19-12(2)14(21-15)11-18-16(17)20-13-9-6-4-5-7-10-13/h13H,3-11H2,1-2H3,(H3,17,18,20). The molecule has 118 valence electrons. The van der Waals surface area contributed by atoms with E-state index in [0.29, 0.717) is 18.5 Å². The molecule has 0 unspecified atom stereocenters. The normalized spacial score (nSPS) is 17.7. The van der Waals surface area contributed by atoms with E-state index >= 15 is 0 Å². The summed E-state index contributed by atoms with van der Waals surface area (Å²) in [7, 11) is 0. The first-order chi connectivity index (χ1) is 10.2. The Bertz CT molecular complexity index is 459. The zero-order valence-electron chi connectivity index (χ0n) is 13.3. The quantitative estimate of drug-likeness (QED) is 0.497. The number of aliphatic imine (C=N–C) groups is 1. The van der Waals surface area contributed by atoms with Gasteiger partial charge in [0.2, 0.25) is 0 Å². The van der Waals surface area contributed by atoms with Gasteiger partial charge < -0.3 is 15.5 Å². The minimum atomic E-state index is 0.466. The van der Waals surface area contributed by atoms with E-state index in [9.17, 15) is 0 Å². The molecular formula is C16H28N4O. The first-order valence-corrected chi connectivity index (χ1v) is 8.20. The second-order valence-electron chi connectivity index (χ2n) is 5.90. The summed E-state index contributed by atoms with van der Waals surface area (Å²) in [6, 6.07) is 0.475. The monoisotopic (exact) mass is 292 g/mol. The third-order valence-electron chi connectivity index (χ3n) is 4.00. The third kappa shape index (κ3) is 5.06. The molecule has 5 heteroatoms. The maximum Gasteiger partial charge on any atom is 0.194 e. The Kier molecular flexibility index (Phi) is 6.08. The average Bonchev–Trinajstić information content (AvgIpc) is 2.65. The molecule has 0 bridgehead atoms. The van der Waals surface area contributed by atoms with Gasteiger partial charge in [-0.2, -0.15) is 0 Å². The minimum Gasteiger partial charge on any atom is -0.443 e. The van der Waals surface area contributed by atoms with Crippen molar-refractivity contribution in [2.24, 2.45) is 10.7 Å². The Hall–Kier alpha value is -1.52. The Balaban J connectivity index is 1.87. The van der Waals surface area contributed by atoms with Crippen LogP contribution < -0.4 is 11.1 Å². The first-order valence-electron chi connectivity index (χ1n) is 8.20. The van der Waals surface area contributed by atoms with E-state index < -0.39 is 0 Å². The van der Waals surface area contributed by atoms with Crippen molar-refractivity contribution in [1.82, 2.24) is 10.3 Å². The van der Waals surface area contributed by atoms with Crippen LogP contribution in [0.1, 0.15) is 69.2 Å². The highest BCUT2D eigenvalue weighted by atomic mass is 16.4. The van der Waals surface area contributed by atoms with E-state index in [1.807, 2.05) is 6.92 Å². The van der Waals surface area contributed by atoms with Crippen molar-refractivity contribution in [2.75, 3.05) is 0 Å². The fourth-order valence-electron chi connectivity index (χ4n) is 2.79. The van der Waals surface area contributed by atoms with Crippen LogP contribution in [0.5, 0.6) is 0 Å². The van der Waals surface area contributed by atoms with Crippen molar-refractivity contribution in [2.45, 2.75) is 77.8 Å². The zero-order chi connectivity index (χ0) is 15.1. The van der Waals surface area contributed by atoms with Gasteiger partial charge in [0.05, 0.1) is 5.69 Å². The molecule has 1 aliphatic rings. The van der Waals surface area contributed by atoms with Crippen LogP contribution in [0.4, 0.5) is 0 Å². The molecule has 1 fully saturated rings. The van der Waals surface area contributed by atoms with Crippen LogP contribution in [-0.4, -0.2) is 17.0 Å². The molecule has 0 atom stereocenters. The van der Waals surface area contributed by atoms with E-state index in [-0.39, 0.29) is 0 Å². The minimum absolute atomic E-state index is 0.466. The smallest absolute Gasteiger partial charge is 0.194 e. The van der Waals surface area contributed by atoms with Gasteiger partial charge in [0.15, 0.2) is 11.9 Å². The van der Waals surface area contributed by atoms with E-state index in [1.165, 1.54) is 38.5 Å². The molecule has 1 heterocycles. The zero-order valence-corrected chi connectivity index (χ0v) is 13.3. The van der Waals surface area contributed by atoms with Gasteiger partial charge in [-0.25, -0.2) is 9.98 Å². The lowest BCUT2D eigenvalue weighted by Gasteiger charge is -2.16. The number of hydrogen-bond donors (Lipinski definition) is 2. The van der Waals surface area contributed by atoms with Gasteiger partial charge in [-0.3, -0.25) is 0 Å². The van der Waals surface area contributed by atoms with Gasteiger partial charge in [-0.15, -0.1) is 0 Å². The first kappa shape index (κ1) is 15.9. The Morgan fingerprint density at radius 1 is 1.33 bits per heavy atom. The summed E-state index contributed by atoms with van der Waals surface area (Å²) in [6.45, 7) is 4.54. The highest BCUT2D eigenvalue weighted by Crippen LogP contribution is 2.17. The van der Waals surface area contributed by atoms with Crippen LogP contribution in [0.3, 0.4) is 0 Å². The van der Waals surface area contributed by atoms with Crippen molar-refractivity contribution in [3.05, 3.63) is 17.3 Å². The molecule has 0 aromatic carbocycles. The van der Waals surface area contributed by atoms with E-state index in [4.69, 9.17) is 10.2 Å². The van der Waals surface area contributed by atoms with Crippen LogP contribution in [0.25, 0.3) is 0 Å². The SMILES string of the molecule is CCCc1nc(C)c(CN=C(N)NC2CCCCCC2)o1. The van der Waals surface area contributed by atoms with Crippen LogP contribution in [-0.2, 0) is 13.0 Å². The molecule has 21 heavy (non-hydrogen) atoms. The molecular weight excluding hydrogens is 264 g/mol. The summed E-state index contributed by atoms with van der Waals surface area (Å²) in [6.07, 6.45) is 9.54. The number of hydrogen-bond acceptors (Lipinski definition) is 3. The maximum absolute atomic E-state index is 6.00. The van der Waals surface area contributed by atoms with Gasteiger partial charge in [0.1, 0.15) is 12.3 Å². The van der Waals surface area contributed by atoms with Crippen LogP contribution >= 0.6 is 0 Å². The lowest BCUT2D eigenvalue weighted by molar-refractivity contribution is 0.452. The summed E-state index contributed by atoms with van der Waals surface area (Å²) in [4.78, 5) is 8.81. The summed E-state index contributed by atoms with van der Waals surface area (Å²) < 4.78 is 5.71. The van der Waals surface area contributed by atoms with Crippen molar-refractivity contribution >= 4 is 5.96 Å². The summed E-state index contributed by atoms with van der Waals surface area (Å²) in [5, 5.41) is 3.35. The molecule has 0 spiro atoms. The number of guanidine groups is 1. The molecule has 3 N–H and O–H groups in total. The Morgan fingerprint density at radius 3 is 2.71 bits per heavy atom. The highest BCUT2D eigenvalue weighted by Gasteiger charge is 2.13. The molecule has 1 aromatic rings. The lowest BCUT2D eigenvalue weighted by Crippen LogP contribution is -2.39. The van der Waals surface area contributed by atoms with Crippen molar-refractivity contribution in [3.63, 3.8) is 0 Å². The van der Waals surface area contributed by atoms with E-state index in [1.54, 1.807) is 0 Å². The fourth-order valence-corrected chi connectivity index (χ4v) is 2.79. The molecule has 0 aliphatic heterocycles. The molecule has 1 saturated carbocycles. The van der Waals surface area contributed by atoms with Gasteiger partial charge in [0.25, 0.3) is 0 Å². The number of nitrogens with one attached hydrogen (secondary N) is 1. The van der Waals surface area contributed by atoms with Crippen LogP contribution in [0.2, 0.25) is 0 Å². The average molecular weight is 292 g/mol. The highest BCUT2D eigenvalue weighted by molar-refractivity contribution is 5.78. The number of rotatable bonds is 5. The predicted molar refractivity (Wildman–Crippen MR) is 85.2 cm³/mol. The maximum atomic E-state index is 6.00. The summed E-state index contributed by atoms with van der Waals surface area (Å²) in [5.41, 5.74) is 6.92. The van der Waals surface area contributed by atoms with Crippen molar-refractivity contribution < 1.29 is 4.42 Å². The summed E-state index contributed by atoms with van der Waals surface area (Å²) in [5.74, 6) is 2.15. The number of nitrogens with zero attached hydrogens (tertiary/aromatic N) is 2. The predicted octanol–water partition coefficient (Wildman–Crippen LogP) is 3.06. The summed E-state index contributed by atoms with van der Waals surface area (Å²) >= 11 is 0. The molecule has 5 nitrogen and oxygen atoms in total. The van der Waals surface area contributed by atoms with Gasteiger partial charge >= 0.3 is 0 Å². The topological polar surface area (TPSA) is 76.4 Å². The molecule has 0 saturated heterocycles. The molecule has 0 amide bonds. The van der Waals surface area contributed by atoms with Gasteiger partial charge in [-0.1, -0.05) is 32.6 Å². The number of nitrogens with two attached hydrogens (primary N) is 1. The third-order valence-corrected chi connectivity index (χ3v) is 4.00. The number of aromatic nitrogens is 1. The molecule has 2 rings (SSSR count). The van der Waals surface area contributed by atoms with Gasteiger partial charge in [0, 0.05) is 12.5 Å². The molecule has 1 aromatic heterocycles. The number of aryl methyl sites for hydroxylation is 2. The Morgan fingerprint density at radius 2 is 2.05 bits per heavy atom.